The molecule has 1 aromatic heterocycles. The van der Waals surface area contributed by atoms with E-state index in [9.17, 15) is 22.8 Å². The van der Waals surface area contributed by atoms with Crippen LogP contribution in [0.1, 0.15) is 29.4 Å². The van der Waals surface area contributed by atoms with E-state index in [2.05, 4.69) is 4.98 Å². The molecule has 1 aliphatic rings. The van der Waals surface area contributed by atoms with Gasteiger partial charge in [-0.05, 0) is 42.7 Å². The van der Waals surface area contributed by atoms with Crippen molar-refractivity contribution < 1.29 is 36.7 Å². The highest BCUT2D eigenvalue weighted by atomic mass is 19.4. The van der Waals surface area contributed by atoms with E-state index in [1.165, 1.54) is 7.11 Å². The summed E-state index contributed by atoms with van der Waals surface area (Å²) >= 11 is 0. The van der Waals surface area contributed by atoms with Crippen molar-refractivity contribution in [3.8, 4) is 17.2 Å². The number of hydrogen-bond donors (Lipinski definition) is 0. The zero-order valence-corrected chi connectivity index (χ0v) is 20.5. The third-order valence-electron chi connectivity index (χ3n) is 6.43. The number of carbonyl (C=O) groups excluding carboxylic acids is 2. The van der Waals surface area contributed by atoms with Crippen molar-refractivity contribution >= 4 is 11.9 Å². The van der Waals surface area contributed by atoms with E-state index in [4.69, 9.17) is 13.9 Å². The molecule has 0 bridgehead atoms. The van der Waals surface area contributed by atoms with Crippen molar-refractivity contribution in [3.63, 3.8) is 0 Å². The van der Waals surface area contributed by atoms with Crippen LogP contribution < -0.4 is 4.74 Å². The first-order valence-corrected chi connectivity index (χ1v) is 11.8. The Kier molecular flexibility index (Phi) is 7.85. The van der Waals surface area contributed by atoms with Crippen molar-refractivity contribution in [2.45, 2.75) is 31.9 Å². The van der Waals surface area contributed by atoms with Crippen LogP contribution in [-0.2, 0) is 20.7 Å². The lowest BCUT2D eigenvalue weighted by molar-refractivity contribution is -0.184. The number of ether oxygens (including phenoxy) is 2. The van der Waals surface area contributed by atoms with Crippen LogP contribution in [0.2, 0.25) is 0 Å². The molecule has 2 heterocycles. The van der Waals surface area contributed by atoms with Gasteiger partial charge in [0.1, 0.15) is 11.5 Å². The second kappa shape index (κ2) is 11.1. The summed E-state index contributed by atoms with van der Waals surface area (Å²) in [7, 11) is 1.22. The van der Waals surface area contributed by atoms with Crippen LogP contribution in [0.15, 0.2) is 59.0 Å². The third-order valence-corrected chi connectivity index (χ3v) is 6.43. The van der Waals surface area contributed by atoms with E-state index in [0.717, 1.165) is 16.2 Å². The van der Waals surface area contributed by atoms with Gasteiger partial charge in [-0.2, -0.15) is 13.2 Å². The van der Waals surface area contributed by atoms with Gasteiger partial charge in [0.15, 0.2) is 0 Å². The number of likely N-dealkylation sites (tertiary alicyclic amines) is 1. The van der Waals surface area contributed by atoms with Crippen LogP contribution in [0, 0.1) is 12.8 Å². The van der Waals surface area contributed by atoms with E-state index in [1.54, 1.807) is 24.3 Å². The number of hydrogen-bond acceptors (Lipinski definition) is 6. The van der Waals surface area contributed by atoms with E-state index >= 15 is 0 Å². The Balaban J connectivity index is 1.44. The summed E-state index contributed by atoms with van der Waals surface area (Å²) in [5, 5.41) is 0. The Bertz CT molecular complexity index is 1240. The quantitative estimate of drug-likeness (QED) is 0.395. The topological polar surface area (TPSA) is 81.9 Å². The van der Waals surface area contributed by atoms with Gasteiger partial charge in [0.25, 0.3) is 0 Å². The van der Waals surface area contributed by atoms with Crippen molar-refractivity contribution in [3.05, 3.63) is 71.6 Å². The van der Waals surface area contributed by atoms with Gasteiger partial charge in [0.05, 0.1) is 25.8 Å². The third kappa shape index (κ3) is 6.31. The summed E-state index contributed by atoms with van der Waals surface area (Å²) in [6.07, 6.45) is -4.58. The molecule has 196 valence electrons. The molecular formula is C27H27F3N2O5. The molecule has 0 radical (unpaired) electrons. The monoisotopic (exact) mass is 516 g/mol. The standard InChI is InChI=1S/C27H27F3N2O5/c1-17-23(31-25(37-17)18-7-4-3-5-8-18)11-12-36-21-10-6-9-19(13-21)22-16-32(26(34)27(28,29)30)15-20(22)14-24(33)35-2/h3-10,13,20,22H,11-12,14-16H2,1-2H3/t20-,22+/m1/s1. The number of esters is 1. The lowest BCUT2D eigenvalue weighted by Gasteiger charge is -2.18. The first kappa shape index (κ1) is 26.2. The second-order valence-corrected chi connectivity index (χ2v) is 8.91. The predicted molar refractivity (Wildman–Crippen MR) is 128 cm³/mol. The fraction of sp³-hybridized carbons (Fsp3) is 0.370. The minimum Gasteiger partial charge on any atom is -0.493 e. The zero-order valence-electron chi connectivity index (χ0n) is 20.5. The molecule has 3 aromatic rings. The molecule has 2 aromatic carbocycles. The van der Waals surface area contributed by atoms with Crippen LogP contribution >= 0.6 is 0 Å². The van der Waals surface area contributed by atoms with Gasteiger partial charge in [-0.3, -0.25) is 9.59 Å². The lowest BCUT2D eigenvalue weighted by Crippen LogP contribution is -2.39. The number of aryl methyl sites for hydroxylation is 1. The number of rotatable bonds is 8. The number of oxazole rings is 1. The van der Waals surface area contributed by atoms with Crippen LogP contribution in [-0.4, -0.2) is 54.7 Å². The maximum atomic E-state index is 13.0. The Labute approximate surface area is 212 Å². The molecule has 37 heavy (non-hydrogen) atoms. The fourth-order valence-corrected chi connectivity index (χ4v) is 4.56. The van der Waals surface area contributed by atoms with Crippen LogP contribution in [0.5, 0.6) is 5.75 Å². The molecule has 0 unspecified atom stereocenters. The van der Waals surface area contributed by atoms with Crippen molar-refractivity contribution in [1.29, 1.82) is 0 Å². The molecule has 10 heteroatoms. The molecule has 1 fully saturated rings. The van der Waals surface area contributed by atoms with Gasteiger partial charge in [0, 0.05) is 31.0 Å². The van der Waals surface area contributed by atoms with Crippen LogP contribution in [0.25, 0.3) is 11.5 Å². The number of alkyl halides is 3. The summed E-state index contributed by atoms with van der Waals surface area (Å²) in [5.41, 5.74) is 2.33. The van der Waals surface area contributed by atoms with E-state index in [0.29, 0.717) is 36.0 Å². The molecule has 0 aliphatic carbocycles. The Morgan fingerprint density at radius 1 is 1.11 bits per heavy atom. The van der Waals surface area contributed by atoms with Crippen molar-refractivity contribution in [2.24, 2.45) is 5.92 Å². The highest BCUT2D eigenvalue weighted by molar-refractivity contribution is 5.82. The van der Waals surface area contributed by atoms with Gasteiger partial charge in [-0.15, -0.1) is 0 Å². The fourth-order valence-electron chi connectivity index (χ4n) is 4.56. The average molecular weight is 517 g/mol. The number of amides is 1. The summed E-state index contributed by atoms with van der Waals surface area (Å²) in [6.45, 7) is 1.81. The zero-order chi connectivity index (χ0) is 26.6. The second-order valence-electron chi connectivity index (χ2n) is 8.91. The van der Waals surface area contributed by atoms with Gasteiger partial charge < -0.3 is 18.8 Å². The van der Waals surface area contributed by atoms with Gasteiger partial charge >= 0.3 is 18.1 Å². The number of carbonyl (C=O) groups is 2. The maximum Gasteiger partial charge on any atom is 0.471 e. The number of aromatic nitrogens is 1. The minimum atomic E-state index is -4.98. The molecular weight excluding hydrogens is 489 g/mol. The molecule has 1 aliphatic heterocycles. The highest BCUT2D eigenvalue weighted by Gasteiger charge is 2.47. The average Bonchev–Trinajstić information content (AvgIpc) is 3.47. The van der Waals surface area contributed by atoms with E-state index in [-0.39, 0.29) is 19.5 Å². The number of halogens is 3. The summed E-state index contributed by atoms with van der Waals surface area (Å²) in [5.74, 6) is -1.67. The summed E-state index contributed by atoms with van der Waals surface area (Å²) in [6, 6.07) is 16.5. The normalized spacial score (nSPS) is 17.6. The molecule has 7 nitrogen and oxygen atoms in total. The van der Waals surface area contributed by atoms with E-state index in [1.807, 2.05) is 37.3 Å². The maximum absolute atomic E-state index is 13.0. The van der Waals surface area contributed by atoms with Gasteiger partial charge in [-0.25, -0.2) is 4.98 Å². The van der Waals surface area contributed by atoms with E-state index < -0.39 is 29.9 Å². The smallest absolute Gasteiger partial charge is 0.471 e. The van der Waals surface area contributed by atoms with Crippen molar-refractivity contribution in [2.75, 3.05) is 26.8 Å². The van der Waals surface area contributed by atoms with Crippen LogP contribution in [0.3, 0.4) is 0 Å². The first-order chi connectivity index (χ1) is 17.7. The molecule has 0 N–H and O–H groups in total. The Hall–Kier alpha value is -3.82. The molecule has 4 rings (SSSR count). The molecule has 0 saturated carbocycles. The predicted octanol–water partition coefficient (Wildman–Crippen LogP) is 4.94. The largest absolute Gasteiger partial charge is 0.493 e. The van der Waals surface area contributed by atoms with Crippen LogP contribution in [0.4, 0.5) is 13.2 Å². The highest BCUT2D eigenvalue weighted by Crippen LogP contribution is 2.38. The Morgan fingerprint density at radius 3 is 2.57 bits per heavy atom. The molecule has 2 atom stereocenters. The number of methoxy groups -OCH3 is 1. The molecule has 1 amide bonds. The van der Waals surface area contributed by atoms with Gasteiger partial charge in [0.2, 0.25) is 5.89 Å². The number of benzene rings is 2. The number of nitrogens with zero attached hydrogens (tertiary/aromatic N) is 2. The van der Waals surface area contributed by atoms with Gasteiger partial charge in [-0.1, -0.05) is 30.3 Å². The summed E-state index contributed by atoms with van der Waals surface area (Å²) in [4.78, 5) is 29.1. The molecule has 0 spiro atoms. The first-order valence-electron chi connectivity index (χ1n) is 11.8. The molecule has 1 saturated heterocycles. The summed E-state index contributed by atoms with van der Waals surface area (Å²) < 4.78 is 55.5. The lowest BCUT2D eigenvalue weighted by atomic mass is 9.87. The SMILES string of the molecule is COC(=O)C[C@@H]1CN(C(=O)C(F)(F)F)C[C@H]1c1cccc(OCCc2nc(-c3ccccc3)oc2C)c1. The van der Waals surface area contributed by atoms with Crippen molar-refractivity contribution in [1.82, 2.24) is 9.88 Å². The minimum absolute atomic E-state index is 0.0942. The Morgan fingerprint density at radius 2 is 1.86 bits per heavy atom.